The zero-order chi connectivity index (χ0) is 10.0. The lowest BCUT2D eigenvalue weighted by Crippen LogP contribution is -2.62. The van der Waals surface area contributed by atoms with Crippen LogP contribution in [0.3, 0.4) is 0 Å². The number of rotatable bonds is 0. The molecular formula is C10H16N2O2. The average Bonchev–Trinajstić information content (AvgIpc) is 2.15. The van der Waals surface area contributed by atoms with Crippen LogP contribution >= 0.6 is 0 Å². The molecule has 1 spiro atoms. The number of amides is 2. The Kier molecular flexibility index (Phi) is 2.44. The maximum atomic E-state index is 11.7. The summed E-state index contributed by atoms with van der Waals surface area (Å²) in [5, 5.41) is 5.75. The van der Waals surface area contributed by atoms with E-state index in [9.17, 15) is 9.59 Å². The predicted octanol–water partition coefficient (Wildman–Crippen LogP) is 0.325. The maximum absolute atomic E-state index is 11.7. The van der Waals surface area contributed by atoms with Gasteiger partial charge in [0.2, 0.25) is 11.8 Å². The Morgan fingerprint density at radius 1 is 1.07 bits per heavy atom. The molecule has 1 aliphatic carbocycles. The zero-order valence-corrected chi connectivity index (χ0v) is 8.27. The Balaban J connectivity index is 2.10. The summed E-state index contributed by atoms with van der Waals surface area (Å²) in [4.78, 5) is 23.2. The molecule has 0 unspecified atom stereocenters. The molecule has 78 valence electrons. The van der Waals surface area contributed by atoms with Gasteiger partial charge in [0.05, 0.1) is 0 Å². The Morgan fingerprint density at radius 3 is 2.50 bits per heavy atom. The first kappa shape index (κ1) is 9.49. The van der Waals surface area contributed by atoms with Crippen LogP contribution in [0.2, 0.25) is 0 Å². The normalized spacial score (nSPS) is 26.6. The van der Waals surface area contributed by atoms with Gasteiger partial charge in [0, 0.05) is 13.0 Å². The van der Waals surface area contributed by atoms with Crippen LogP contribution in [0.4, 0.5) is 0 Å². The van der Waals surface area contributed by atoms with Crippen LogP contribution in [0.25, 0.3) is 0 Å². The summed E-state index contributed by atoms with van der Waals surface area (Å²) in [6.07, 6.45) is 4.94. The second-order valence-electron chi connectivity index (χ2n) is 4.20. The van der Waals surface area contributed by atoms with Gasteiger partial charge in [0.15, 0.2) is 0 Å². The Morgan fingerprint density at radius 2 is 1.86 bits per heavy atom. The number of carbonyl (C=O) groups excluding carboxylic acids is 2. The van der Waals surface area contributed by atoms with Crippen LogP contribution in [0.5, 0.6) is 0 Å². The van der Waals surface area contributed by atoms with Crippen LogP contribution < -0.4 is 10.6 Å². The monoisotopic (exact) mass is 196 g/mol. The number of hydrogen-bond acceptors (Lipinski definition) is 2. The summed E-state index contributed by atoms with van der Waals surface area (Å²) in [5.41, 5.74) is -0.554. The van der Waals surface area contributed by atoms with Crippen molar-refractivity contribution in [3.8, 4) is 0 Å². The van der Waals surface area contributed by atoms with Crippen LogP contribution in [-0.2, 0) is 9.59 Å². The second-order valence-corrected chi connectivity index (χ2v) is 4.20. The molecule has 0 atom stereocenters. The van der Waals surface area contributed by atoms with Gasteiger partial charge < -0.3 is 10.6 Å². The molecule has 0 bridgehead atoms. The first-order chi connectivity index (χ1) is 6.73. The van der Waals surface area contributed by atoms with Crippen molar-refractivity contribution >= 4 is 11.8 Å². The summed E-state index contributed by atoms with van der Waals surface area (Å²) in [6.45, 7) is 0.704. The Labute approximate surface area is 83.4 Å². The van der Waals surface area contributed by atoms with Gasteiger partial charge in [-0.3, -0.25) is 9.59 Å². The van der Waals surface area contributed by atoms with Crippen molar-refractivity contribution in [1.82, 2.24) is 10.6 Å². The summed E-state index contributed by atoms with van der Waals surface area (Å²) in [6, 6.07) is 0. The molecule has 4 heteroatoms. The van der Waals surface area contributed by atoms with Gasteiger partial charge in [0.25, 0.3) is 0 Å². The van der Waals surface area contributed by atoms with Crippen LogP contribution in [0, 0.1) is 0 Å². The molecule has 4 nitrogen and oxygen atoms in total. The summed E-state index contributed by atoms with van der Waals surface area (Å²) in [7, 11) is 0. The molecule has 0 radical (unpaired) electrons. The molecule has 1 saturated heterocycles. The molecular weight excluding hydrogens is 180 g/mol. The van der Waals surface area contributed by atoms with Crippen molar-refractivity contribution in [3.05, 3.63) is 0 Å². The van der Waals surface area contributed by atoms with Crippen molar-refractivity contribution in [3.63, 3.8) is 0 Å². The molecule has 2 rings (SSSR count). The van der Waals surface area contributed by atoms with Gasteiger partial charge in [0.1, 0.15) is 5.54 Å². The molecule has 2 N–H and O–H groups in total. The lowest BCUT2D eigenvalue weighted by Gasteiger charge is -2.40. The van der Waals surface area contributed by atoms with Gasteiger partial charge in [-0.1, -0.05) is 0 Å². The number of hydrogen-bond donors (Lipinski definition) is 2. The largest absolute Gasteiger partial charge is 0.354 e. The molecule has 2 aliphatic rings. The van der Waals surface area contributed by atoms with E-state index in [1.165, 1.54) is 0 Å². The standard InChI is InChI=1S/C10H16N2O2/c13-8-4-1-2-7-11-9(14)10(12-8)5-3-6-10/h1-7H2,(H,11,14)(H,12,13). The fraction of sp³-hybridized carbons (Fsp3) is 0.800. The highest BCUT2D eigenvalue weighted by Crippen LogP contribution is 2.32. The van der Waals surface area contributed by atoms with Crippen molar-refractivity contribution in [1.29, 1.82) is 0 Å². The third-order valence-electron chi connectivity index (χ3n) is 3.14. The molecule has 0 aromatic carbocycles. The van der Waals surface area contributed by atoms with Gasteiger partial charge in [-0.2, -0.15) is 0 Å². The van der Waals surface area contributed by atoms with Gasteiger partial charge in [-0.05, 0) is 32.1 Å². The predicted molar refractivity (Wildman–Crippen MR) is 51.6 cm³/mol. The van der Waals surface area contributed by atoms with Crippen molar-refractivity contribution in [2.24, 2.45) is 0 Å². The minimum atomic E-state index is -0.554. The molecule has 2 fully saturated rings. The van der Waals surface area contributed by atoms with Crippen LogP contribution in [0.15, 0.2) is 0 Å². The maximum Gasteiger partial charge on any atom is 0.245 e. The lowest BCUT2D eigenvalue weighted by atomic mass is 9.76. The molecule has 1 heterocycles. The molecule has 1 saturated carbocycles. The first-order valence-electron chi connectivity index (χ1n) is 5.32. The molecule has 0 aromatic rings. The molecule has 0 aromatic heterocycles. The highest BCUT2D eigenvalue weighted by Gasteiger charge is 2.45. The summed E-state index contributed by atoms with van der Waals surface area (Å²) >= 11 is 0. The summed E-state index contributed by atoms with van der Waals surface area (Å²) in [5.74, 6) is 0.0424. The van der Waals surface area contributed by atoms with E-state index in [1.54, 1.807) is 0 Å². The van der Waals surface area contributed by atoms with E-state index in [2.05, 4.69) is 10.6 Å². The third kappa shape index (κ3) is 1.61. The van der Waals surface area contributed by atoms with E-state index >= 15 is 0 Å². The van der Waals surface area contributed by atoms with Crippen molar-refractivity contribution in [2.45, 2.75) is 44.1 Å². The topological polar surface area (TPSA) is 58.2 Å². The second kappa shape index (κ2) is 3.59. The van der Waals surface area contributed by atoms with Gasteiger partial charge in [-0.25, -0.2) is 0 Å². The van der Waals surface area contributed by atoms with Crippen molar-refractivity contribution in [2.75, 3.05) is 6.54 Å². The van der Waals surface area contributed by atoms with Crippen molar-refractivity contribution < 1.29 is 9.59 Å². The highest BCUT2D eigenvalue weighted by molar-refractivity contribution is 5.92. The van der Waals surface area contributed by atoms with E-state index in [0.717, 1.165) is 32.1 Å². The fourth-order valence-corrected chi connectivity index (χ4v) is 2.05. The SMILES string of the molecule is O=C1CCCCNC(=O)C2(CCC2)N1. The number of nitrogens with one attached hydrogen (secondary N) is 2. The summed E-state index contributed by atoms with van der Waals surface area (Å²) < 4.78 is 0. The average molecular weight is 196 g/mol. The number of carbonyl (C=O) groups is 2. The minimum absolute atomic E-state index is 0.0130. The van der Waals surface area contributed by atoms with E-state index in [-0.39, 0.29) is 11.8 Å². The van der Waals surface area contributed by atoms with E-state index in [4.69, 9.17) is 0 Å². The fourth-order valence-electron chi connectivity index (χ4n) is 2.05. The van der Waals surface area contributed by atoms with Gasteiger partial charge in [-0.15, -0.1) is 0 Å². The lowest BCUT2D eigenvalue weighted by molar-refractivity contribution is -0.136. The third-order valence-corrected chi connectivity index (χ3v) is 3.14. The van der Waals surface area contributed by atoms with Crippen LogP contribution in [-0.4, -0.2) is 23.9 Å². The first-order valence-corrected chi connectivity index (χ1v) is 5.32. The Hall–Kier alpha value is -1.06. The smallest absolute Gasteiger partial charge is 0.245 e. The van der Waals surface area contributed by atoms with Gasteiger partial charge >= 0.3 is 0 Å². The van der Waals surface area contributed by atoms with E-state index in [1.807, 2.05) is 0 Å². The minimum Gasteiger partial charge on any atom is -0.354 e. The zero-order valence-electron chi connectivity index (χ0n) is 8.27. The molecule has 1 aliphatic heterocycles. The van der Waals surface area contributed by atoms with E-state index in [0.29, 0.717) is 13.0 Å². The Bertz CT molecular complexity index is 259. The van der Waals surface area contributed by atoms with Crippen LogP contribution in [0.1, 0.15) is 38.5 Å². The molecule has 14 heavy (non-hydrogen) atoms. The van der Waals surface area contributed by atoms with E-state index < -0.39 is 5.54 Å². The molecule has 2 amide bonds. The quantitative estimate of drug-likeness (QED) is 0.586. The highest BCUT2D eigenvalue weighted by atomic mass is 16.2.